The van der Waals surface area contributed by atoms with Gasteiger partial charge in [0.2, 0.25) is 0 Å². The first-order chi connectivity index (χ1) is 12.0. The fourth-order valence-corrected chi connectivity index (χ4v) is 3.49. The average molecular weight is 353 g/mol. The Hall–Kier alpha value is -2.53. The number of thioether (sulfide) groups is 1. The maximum atomic E-state index is 12.6. The molecule has 0 saturated carbocycles. The smallest absolute Gasteiger partial charge is 0.293 e. The second-order valence-corrected chi connectivity index (χ2v) is 6.98. The molecule has 0 unspecified atom stereocenters. The highest BCUT2D eigenvalue weighted by Crippen LogP contribution is 2.33. The minimum atomic E-state index is -0.246. The summed E-state index contributed by atoms with van der Waals surface area (Å²) < 4.78 is 5.24. The molecule has 0 aromatic heterocycles. The monoisotopic (exact) mass is 353 g/mol. The van der Waals surface area contributed by atoms with Gasteiger partial charge in [0.1, 0.15) is 5.75 Å². The summed E-state index contributed by atoms with van der Waals surface area (Å²) in [6.45, 7) is 4.24. The highest BCUT2D eigenvalue weighted by Gasteiger charge is 2.34. The van der Waals surface area contributed by atoms with Crippen LogP contribution in [-0.2, 0) is 11.3 Å². The quantitative estimate of drug-likeness (QED) is 0.757. The normalized spacial score (nSPS) is 16.0. The third-order valence-corrected chi connectivity index (χ3v) is 4.96. The van der Waals surface area contributed by atoms with Crippen LogP contribution < -0.4 is 4.74 Å². The number of benzene rings is 2. The number of ether oxygens (including phenoxy) is 1. The highest BCUT2D eigenvalue weighted by atomic mass is 32.2. The molecule has 25 heavy (non-hydrogen) atoms. The van der Waals surface area contributed by atoms with Crippen LogP contribution in [0.4, 0.5) is 4.79 Å². The molecule has 1 fully saturated rings. The number of amides is 2. The molecule has 1 heterocycles. The van der Waals surface area contributed by atoms with Gasteiger partial charge in [0.05, 0.1) is 18.6 Å². The summed E-state index contributed by atoms with van der Waals surface area (Å²) in [6, 6.07) is 13.5. The van der Waals surface area contributed by atoms with Crippen molar-refractivity contribution in [1.29, 1.82) is 0 Å². The van der Waals surface area contributed by atoms with E-state index in [1.165, 1.54) is 4.90 Å². The van der Waals surface area contributed by atoms with E-state index in [9.17, 15) is 9.59 Å². The van der Waals surface area contributed by atoms with E-state index >= 15 is 0 Å². The molecule has 3 rings (SSSR count). The summed E-state index contributed by atoms with van der Waals surface area (Å²) in [5.74, 6) is 0.550. The van der Waals surface area contributed by atoms with Gasteiger partial charge in [-0.05, 0) is 60.5 Å². The number of hydrogen-bond donors (Lipinski definition) is 0. The van der Waals surface area contributed by atoms with Gasteiger partial charge in [0.25, 0.3) is 11.1 Å². The van der Waals surface area contributed by atoms with Gasteiger partial charge in [-0.1, -0.05) is 35.9 Å². The third-order valence-electron chi connectivity index (χ3n) is 4.05. The Labute approximate surface area is 151 Å². The van der Waals surface area contributed by atoms with Gasteiger partial charge >= 0.3 is 0 Å². The summed E-state index contributed by atoms with van der Waals surface area (Å²) in [5, 5.41) is -0.234. The van der Waals surface area contributed by atoms with Gasteiger partial charge in [-0.3, -0.25) is 14.5 Å². The zero-order valence-corrected chi connectivity index (χ0v) is 15.2. The highest BCUT2D eigenvalue weighted by molar-refractivity contribution is 8.18. The standard InChI is InChI=1S/C20H19NO3S/c1-13-4-6-15(7-5-13)12-21-19(22)18(25-20(21)23)11-16-8-9-17(24-3)14(2)10-16/h4-11H,12H2,1-3H3/b18-11-. The van der Waals surface area contributed by atoms with Gasteiger partial charge in [-0.25, -0.2) is 0 Å². The fraction of sp³-hybridized carbons (Fsp3) is 0.200. The van der Waals surface area contributed by atoms with Crippen molar-refractivity contribution in [2.75, 3.05) is 7.11 Å². The van der Waals surface area contributed by atoms with E-state index in [-0.39, 0.29) is 11.1 Å². The zero-order chi connectivity index (χ0) is 18.0. The summed E-state index contributed by atoms with van der Waals surface area (Å²) in [6.07, 6.45) is 1.76. The van der Waals surface area contributed by atoms with Crippen LogP contribution in [0.2, 0.25) is 0 Å². The number of carbonyl (C=O) groups is 2. The molecule has 2 amide bonds. The molecule has 5 heteroatoms. The van der Waals surface area contributed by atoms with Crippen molar-refractivity contribution in [3.63, 3.8) is 0 Å². The molecule has 1 saturated heterocycles. The average Bonchev–Trinajstić information content (AvgIpc) is 2.84. The summed E-state index contributed by atoms with van der Waals surface area (Å²) in [4.78, 5) is 26.6. The molecule has 0 atom stereocenters. The maximum absolute atomic E-state index is 12.6. The molecule has 2 aromatic rings. The largest absolute Gasteiger partial charge is 0.496 e. The maximum Gasteiger partial charge on any atom is 0.293 e. The van der Waals surface area contributed by atoms with Crippen molar-refractivity contribution in [2.24, 2.45) is 0 Å². The summed E-state index contributed by atoms with van der Waals surface area (Å²) in [7, 11) is 1.62. The number of aryl methyl sites for hydroxylation is 2. The van der Waals surface area contributed by atoms with Crippen LogP contribution in [0.15, 0.2) is 47.4 Å². The van der Waals surface area contributed by atoms with E-state index < -0.39 is 0 Å². The number of carbonyl (C=O) groups excluding carboxylic acids is 2. The Kier molecular flexibility index (Phi) is 4.95. The van der Waals surface area contributed by atoms with Crippen molar-refractivity contribution in [3.8, 4) is 5.75 Å². The molecule has 0 aliphatic carbocycles. The van der Waals surface area contributed by atoms with E-state index in [0.29, 0.717) is 11.4 Å². The molecule has 128 valence electrons. The number of hydrogen-bond acceptors (Lipinski definition) is 4. The van der Waals surface area contributed by atoms with Crippen LogP contribution in [0.3, 0.4) is 0 Å². The molecule has 0 N–H and O–H groups in total. The predicted octanol–water partition coefficient (Wildman–Crippen LogP) is 4.55. The lowest BCUT2D eigenvalue weighted by Crippen LogP contribution is -2.27. The molecule has 1 aliphatic heterocycles. The van der Waals surface area contributed by atoms with Crippen molar-refractivity contribution >= 4 is 29.0 Å². The molecule has 1 aliphatic rings. The number of nitrogens with zero attached hydrogens (tertiary/aromatic N) is 1. The van der Waals surface area contributed by atoms with Crippen molar-refractivity contribution in [2.45, 2.75) is 20.4 Å². The number of rotatable bonds is 4. The fourth-order valence-electron chi connectivity index (χ4n) is 2.66. The van der Waals surface area contributed by atoms with Crippen LogP contribution >= 0.6 is 11.8 Å². The first-order valence-electron chi connectivity index (χ1n) is 7.93. The first-order valence-corrected chi connectivity index (χ1v) is 8.75. The van der Waals surface area contributed by atoms with Crippen molar-refractivity contribution in [3.05, 3.63) is 69.6 Å². The minimum Gasteiger partial charge on any atom is -0.496 e. The number of imide groups is 1. The predicted molar refractivity (Wildman–Crippen MR) is 100 cm³/mol. The third kappa shape index (κ3) is 3.77. The second kappa shape index (κ2) is 7.15. The van der Waals surface area contributed by atoms with Crippen LogP contribution in [0.25, 0.3) is 6.08 Å². The van der Waals surface area contributed by atoms with Crippen molar-refractivity contribution in [1.82, 2.24) is 4.90 Å². The molecule has 0 bridgehead atoms. The molecule has 0 spiro atoms. The zero-order valence-electron chi connectivity index (χ0n) is 14.4. The Balaban J connectivity index is 1.80. The minimum absolute atomic E-state index is 0.234. The van der Waals surface area contributed by atoms with E-state index in [1.807, 2.05) is 56.3 Å². The lowest BCUT2D eigenvalue weighted by molar-refractivity contribution is -0.123. The van der Waals surface area contributed by atoms with Crippen LogP contribution in [-0.4, -0.2) is 23.2 Å². The molecular weight excluding hydrogens is 334 g/mol. The second-order valence-electron chi connectivity index (χ2n) is 5.98. The molecule has 0 radical (unpaired) electrons. The van der Waals surface area contributed by atoms with E-state index in [4.69, 9.17) is 4.74 Å². The lowest BCUT2D eigenvalue weighted by atomic mass is 10.1. The summed E-state index contributed by atoms with van der Waals surface area (Å²) in [5.41, 5.74) is 3.94. The van der Waals surface area contributed by atoms with Gasteiger partial charge in [-0.15, -0.1) is 0 Å². The van der Waals surface area contributed by atoms with Crippen LogP contribution in [0, 0.1) is 13.8 Å². The molecular formula is C20H19NO3S. The van der Waals surface area contributed by atoms with E-state index in [0.717, 1.165) is 39.8 Å². The Morgan fingerprint density at radius 1 is 1.08 bits per heavy atom. The molecule has 2 aromatic carbocycles. The number of methoxy groups -OCH3 is 1. The van der Waals surface area contributed by atoms with Gasteiger partial charge in [0.15, 0.2) is 0 Å². The first kappa shape index (κ1) is 17.3. The Morgan fingerprint density at radius 3 is 2.44 bits per heavy atom. The topological polar surface area (TPSA) is 46.6 Å². The van der Waals surface area contributed by atoms with E-state index in [1.54, 1.807) is 13.2 Å². The van der Waals surface area contributed by atoms with Gasteiger partial charge in [-0.2, -0.15) is 0 Å². The Bertz CT molecular complexity index is 856. The lowest BCUT2D eigenvalue weighted by Gasteiger charge is -2.12. The van der Waals surface area contributed by atoms with E-state index in [2.05, 4.69) is 0 Å². The van der Waals surface area contributed by atoms with Crippen LogP contribution in [0.1, 0.15) is 22.3 Å². The molecule has 4 nitrogen and oxygen atoms in total. The summed E-state index contributed by atoms with van der Waals surface area (Å²) >= 11 is 0.982. The van der Waals surface area contributed by atoms with Gasteiger partial charge in [0, 0.05) is 0 Å². The van der Waals surface area contributed by atoms with Gasteiger partial charge < -0.3 is 4.74 Å². The SMILES string of the molecule is COc1ccc(/C=C2\SC(=O)N(Cc3ccc(C)cc3)C2=O)cc1C. The van der Waals surface area contributed by atoms with Crippen LogP contribution in [0.5, 0.6) is 5.75 Å². The van der Waals surface area contributed by atoms with Crippen molar-refractivity contribution < 1.29 is 14.3 Å². The Morgan fingerprint density at radius 2 is 1.80 bits per heavy atom.